The molecule has 0 N–H and O–H groups in total. The van der Waals surface area contributed by atoms with Crippen molar-refractivity contribution in [1.29, 1.82) is 0 Å². The molecule has 0 amide bonds. The van der Waals surface area contributed by atoms with Gasteiger partial charge in [0.15, 0.2) is 0 Å². The summed E-state index contributed by atoms with van der Waals surface area (Å²) < 4.78 is 0. The highest BCUT2D eigenvalue weighted by molar-refractivity contribution is 5.44. The molecule has 1 saturated heterocycles. The zero-order valence-electron chi connectivity index (χ0n) is 10.6. The summed E-state index contributed by atoms with van der Waals surface area (Å²) in [6, 6.07) is 5.80. The van der Waals surface area contributed by atoms with Gasteiger partial charge in [0.25, 0.3) is 0 Å². The molecule has 19 heavy (non-hydrogen) atoms. The summed E-state index contributed by atoms with van der Waals surface area (Å²) in [5.41, 5.74) is 0.885. The summed E-state index contributed by atoms with van der Waals surface area (Å²) in [5.74, 6) is 7.52. The van der Waals surface area contributed by atoms with Gasteiger partial charge in [0.1, 0.15) is 5.82 Å². The van der Waals surface area contributed by atoms with Gasteiger partial charge in [-0.2, -0.15) is 0 Å². The number of nitrogens with zero attached hydrogens (tertiary/aromatic N) is 4. The molecule has 1 aliphatic heterocycles. The number of pyridine rings is 1. The van der Waals surface area contributed by atoms with Crippen LogP contribution in [-0.2, 0) is 0 Å². The van der Waals surface area contributed by atoms with Crippen molar-refractivity contribution in [2.24, 2.45) is 0 Å². The first-order valence-corrected chi connectivity index (χ1v) is 6.42. The van der Waals surface area contributed by atoms with Crippen LogP contribution in [0.2, 0.25) is 0 Å². The fourth-order valence-corrected chi connectivity index (χ4v) is 2.09. The van der Waals surface area contributed by atoms with E-state index in [1.165, 1.54) is 12.8 Å². The third-order valence-corrected chi connectivity index (χ3v) is 3.06. The summed E-state index contributed by atoms with van der Waals surface area (Å²) in [5, 5.41) is 0. The Labute approximate surface area is 112 Å². The summed E-state index contributed by atoms with van der Waals surface area (Å²) in [6.07, 6.45) is 7.70. The van der Waals surface area contributed by atoms with Gasteiger partial charge < -0.3 is 4.90 Å². The van der Waals surface area contributed by atoms with E-state index in [0.29, 0.717) is 5.82 Å². The van der Waals surface area contributed by atoms with Gasteiger partial charge in [-0.15, -0.1) is 0 Å². The molecule has 0 aliphatic carbocycles. The van der Waals surface area contributed by atoms with E-state index in [1.54, 1.807) is 18.5 Å². The topological polar surface area (TPSA) is 41.9 Å². The molecule has 0 unspecified atom stereocenters. The van der Waals surface area contributed by atoms with E-state index < -0.39 is 0 Å². The predicted octanol–water partition coefficient (Wildman–Crippen LogP) is 1.87. The highest BCUT2D eigenvalue weighted by Crippen LogP contribution is 2.17. The molecule has 0 aromatic carbocycles. The molecule has 3 heterocycles. The molecule has 4 nitrogen and oxygen atoms in total. The smallest absolute Gasteiger partial charge is 0.205 e. The van der Waals surface area contributed by atoms with E-state index in [9.17, 15) is 0 Å². The van der Waals surface area contributed by atoms with E-state index in [4.69, 9.17) is 0 Å². The van der Waals surface area contributed by atoms with Crippen LogP contribution in [-0.4, -0.2) is 28.0 Å². The summed E-state index contributed by atoms with van der Waals surface area (Å²) in [7, 11) is 0. The van der Waals surface area contributed by atoms with Gasteiger partial charge in [0.05, 0.1) is 0 Å². The van der Waals surface area contributed by atoms with E-state index in [2.05, 4.69) is 31.7 Å². The Kier molecular flexibility index (Phi) is 3.37. The zero-order chi connectivity index (χ0) is 12.9. The Morgan fingerprint density at radius 3 is 2.42 bits per heavy atom. The zero-order valence-corrected chi connectivity index (χ0v) is 10.6. The second-order valence-corrected chi connectivity index (χ2v) is 4.42. The first-order chi connectivity index (χ1) is 9.42. The maximum atomic E-state index is 4.46. The quantitative estimate of drug-likeness (QED) is 0.725. The lowest BCUT2D eigenvalue weighted by Gasteiger charge is -2.15. The van der Waals surface area contributed by atoms with Crippen molar-refractivity contribution < 1.29 is 0 Å². The highest BCUT2D eigenvalue weighted by Gasteiger charge is 2.12. The van der Waals surface area contributed by atoms with Crippen molar-refractivity contribution in [1.82, 2.24) is 15.0 Å². The molecule has 0 atom stereocenters. The average Bonchev–Trinajstić information content (AvgIpc) is 3.01. The molecule has 2 aromatic heterocycles. The molecule has 1 aliphatic rings. The number of rotatable bonds is 1. The Morgan fingerprint density at radius 2 is 1.74 bits per heavy atom. The SMILES string of the molecule is C(#Cc1ncccn1)c1ccc(N2CCCC2)nc1. The Hall–Kier alpha value is -2.41. The summed E-state index contributed by atoms with van der Waals surface area (Å²) >= 11 is 0. The van der Waals surface area contributed by atoms with Crippen LogP contribution in [0.5, 0.6) is 0 Å². The largest absolute Gasteiger partial charge is 0.357 e. The van der Waals surface area contributed by atoms with Crippen LogP contribution in [0.4, 0.5) is 5.82 Å². The summed E-state index contributed by atoms with van der Waals surface area (Å²) in [6.45, 7) is 2.21. The number of hydrogen-bond acceptors (Lipinski definition) is 4. The second kappa shape index (κ2) is 5.49. The fraction of sp³-hybridized carbons (Fsp3) is 0.267. The Morgan fingerprint density at radius 1 is 0.947 bits per heavy atom. The normalized spacial score (nSPS) is 14.0. The molecular formula is C15H14N4. The molecule has 0 saturated carbocycles. The summed E-state index contributed by atoms with van der Waals surface area (Å²) in [4.78, 5) is 14.9. The lowest BCUT2D eigenvalue weighted by molar-refractivity contribution is 0.937. The maximum absolute atomic E-state index is 4.46. The van der Waals surface area contributed by atoms with Gasteiger partial charge in [-0.3, -0.25) is 0 Å². The van der Waals surface area contributed by atoms with E-state index in [1.807, 2.05) is 18.3 Å². The van der Waals surface area contributed by atoms with Crippen molar-refractivity contribution in [3.05, 3.63) is 48.2 Å². The van der Waals surface area contributed by atoms with Crippen molar-refractivity contribution >= 4 is 5.82 Å². The van der Waals surface area contributed by atoms with Crippen LogP contribution in [0.3, 0.4) is 0 Å². The Bertz CT molecular complexity index is 590. The molecule has 0 bridgehead atoms. The van der Waals surface area contributed by atoms with Crippen LogP contribution in [0, 0.1) is 11.8 Å². The lowest BCUT2D eigenvalue weighted by atomic mass is 10.3. The van der Waals surface area contributed by atoms with E-state index in [0.717, 1.165) is 24.5 Å². The molecule has 0 radical (unpaired) electrons. The molecule has 3 rings (SSSR count). The van der Waals surface area contributed by atoms with Gasteiger partial charge in [0.2, 0.25) is 5.82 Å². The van der Waals surface area contributed by atoms with Crippen LogP contribution < -0.4 is 4.90 Å². The molecule has 2 aromatic rings. The molecule has 1 fully saturated rings. The first-order valence-electron chi connectivity index (χ1n) is 6.42. The van der Waals surface area contributed by atoms with Crippen molar-refractivity contribution in [3.63, 3.8) is 0 Å². The highest BCUT2D eigenvalue weighted by atomic mass is 15.2. The lowest BCUT2D eigenvalue weighted by Crippen LogP contribution is -2.18. The minimum Gasteiger partial charge on any atom is -0.357 e. The molecule has 94 valence electrons. The average molecular weight is 250 g/mol. The number of hydrogen-bond donors (Lipinski definition) is 0. The van der Waals surface area contributed by atoms with Gasteiger partial charge in [0, 0.05) is 37.2 Å². The number of anilines is 1. The fourth-order valence-electron chi connectivity index (χ4n) is 2.09. The van der Waals surface area contributed by atoms with E-state index >= 15 is 0 Å². The van der Waals surface area contributed by atoms with Crippen LogP contribution in [0.1, 0.15) is 24.2 Å². The van der Waals surface area contributed by atoms with Gasteiger partial charge in [-0.25, -0.2) is 15.0 Å². The van der Waals surface area contributed by atoms with Crippen LogP contribution >= 0.6 is 0 Å². The minimum atomic E-state index is 0.533. The third-order valence-electron chi connectivity index (χ3n) is 3.06. The number of aromatic nitrogens is 3. The maximum Gasteiger partial charge on any atom is 0.205 e. The van der Waals surface area contributed by atoms with Gasteiger partial charge in [-0.1, -0.05) is 5.92 Å². The van der Waals surface area contributed by atoms with Gasteiger partial charge in [-0.05, 0) is 37.0 Å². The third kappa shape index (κ3) is 2.89. The molecule has 4 heteroatoms. The predicted molar refractivity (Wildman–Crippen MR) is 73.7 cm³/mol. The standard InChI is InChI=1S/C15H14N4/c1-2-11-19(10-1)15-7-5-13(12-18-15)4-6-14-16-8-3-9-17-14/h3,5,7-9,12H,1-2,10-11H2. The van der Waals surface area contributed by atoms with Crippen molar-refractivity contribution in [2.45, 2.75) is 12.8 Å². The van der Waals surface area contributed by atoms with Crippen molar-refractivity contribution in [3.8, 4) is 11.8 Å². The van der Waals surface area contributed by atoms with Crippen LogP contribution in [0.25, 0.3) is 0 Å². The first kappa shape index (κ1) is 11.7. The van der Waals surface area contributed by atoms with Crippen LogP contribution in [0.15, 0.2) is 36.8 Å². The van der Waals surface area contributed by atoms with Gasteiger partial charge >= 0.3 is 0 Å². The minimum absolute atomic E-state index is 0.533. The second-order valence-electron chi connectivity index (χ2n) is 4.42. The van der Waals surface area contributed by atoms with Crippen molar-refractivity contribution in [2.75, 3.05) is 18.0 Å². The Balaban J connectivity index is 1.74. The molecule has 0 spiro atoms. The molecular weight excluding hydrogens is 236 g/mol. The van der Waals surface area contributed by atoms with E-state index in [-0.39, 0.29) is 0 Å². The monoisotopic (exact) mass is 250 g/mol.